The van der Waals surface area contributed by atoms with Crippen molar-refractivity contribution in [3.8, 4) is 0 Å². The van der Waals surface area contributed by atoms with Gasteiger partial charge in [-0.3, -0.25) is 0 Å². The highest BCUT2D eigenvalue weighted by molar-refractivity contribution is 5.24. The van der Waals surface area contributed by atoms with E-state index in [0.717, 1.165) is 19.0 Å². The van der Waals surface area contributed by atoms with E-state index in [1.807, 2.05) is 0 Å². The molecule has 0 amide bonds. The Kier molecular flexibility index (Phi) is 4.95. The quantitative estimate of drug-likeness (QED) is 0.706. The van der Waals surface area contributed by atoms with Gasteiger partial charge in [-0.1, -0.05) is 37.1 Å². The van der Waals surface area contributed by atoms with Crippen LogP contribution in [-0.2, 0) is 0 Å². The second kappa shape index (κ2) is 6.02. The van der Waals surface area contributed by atoms with Gasteiger partial charge in [0.25, 0.3) is 0 Å². The van der Waals surface area contributed by atoms with E-state index in [-0.39, 0.29) is 0 Å². The molecule has 14 heavy (non-hydrogen) atoms. The lowest BCUT2D eigenvalue weighted by Gasteiger charge is -2.21. The van der Waals surface area contributed by atoms with E-state index in [9.17, 15) is 0 Å². The van der Waals surface area contributed by atoms with Crippen LogP contribution < -0.4 is 5.32 Å². The maximum absolute atomic E-state index is 3.45. The molecule has 0 aromatic carbocycles. The highest BCUT2D eigenvalue weighted by Gasteiger charge is 2.13. The maximum Gasteiger partial charge on any atom is 0.00167 e. The van der Waals surface area contributed by atoms with Gasteiger partial charge in [0, 0.05) is 6.54 Å². The summed E-state index contributed by atoms with van der Waals surface area (Å²) in [5, 5.41) is 3.45. The van der Waals surface area contributed by atoms with Crippen LogP contribution in [0.1, 0.15) is 40.0 Å². The van der Waals surface area contributed by atoms with Gasteiger partial charge in [0.1, 0.15) is 0 Å². The lowest BCUT2D eigenvalue weighted by Crippen LogP contribution is -2.23. The van der Waals surface area contributed by atoms with Crippen molar-refractivity contribution in [2.75, 3.05) is 13.1 Å². The summed E-state index contributed by atoms with van der Waals surface area (Å²) in [5.41, 5.74) is 3.16. The molecule has 1 N–H and O–H groups in total. The molecule has 0 aromatic heterocycles. The molecule has 1 aliphatic carbocycles. The zero-order valence-corrected chi connectivity index (χ0v) is 9.77. The van der Waals surface area contributed by atoms with Crippen LogP contribution >= 0.6 is 0 Å². The molecule has 0 saturated heterocycles. The Morgan fingerprint density at radius 1 is 1.29 bits per heavy atom. The van der Waals surface area contributed by atoms with Gasteiger partial charge in [-0.15, -0.1) is 0 Å². The minimum atomic E-state index is 0.749. The van der Waals surface area contributed by atoms with Crippen molar-refractivity contribution >= 4 is 0 Å². The molecule has 80 valence electrons. The van der Waals surface area contributed by atoms with Gasteiger partial charge in [-0.05, 0) is 38.6 Å². The molecule has 0 aromatic rings. The predicted octanol–water partition coefficient (Wildman–Crippen LogP) is 3.29. The monoisotopic (exact) mass is 193 g/mol. The van der Waals surface area contributed by atoms with Gasteiger partial charge in [0.2, 0.25) is 0 Å². The molecule has 0 saturated carbocycles. The molecule has 0 aliphatic heterocycles. The van der Waals surface area contributed by atoms with E-state index < -0.39 is 0 Å². The van der Waals surface area contributed by atoms with E-state index in [0.29, 0.717) is 0 Å². The zero-order valence-electron chi connectivity index (χ0n) is 9.77. The number of rotatable bonds is 5. The molecule has 0 spiro atoms. The average Bonchev–Trinajstić information content (AvgIpc) is 2.21. The highest BCUT2D eigenvalue weighted by Crippen LogP contribution is 2.25. The first-order valence-electron chi connectivity index (χ1n) is 5.84. The molecular formula is C13H23N. The van der Waals surface area contributed by atoms with E-state index in [4.69, 9.17) is 0 Å². The SMILES string of the molecule is CCNCC(CC)C1=CC=C(C)CC1. The van der Waals surface area contributed by atoms with E-state index in [2.05, 4.69) is 38.2 Å². The fourth-order valence-electron chi connectivity index (χ4n) is 1.95. The normalized spacial score (nSPS) is 18.8. The number of hydrogen-bond acceptors (Lipinski definition) is 1. The van der Waals surface area contributed by atoms with Crippen molar-refractivity contribution < 1.29 is 0 Å². The molecule has 1 heteroatoms. The van der Waals surface area contributed by atoms with Crippen LogP contribution in [0, 0.1) is 5.92 Å². The molecule has 1 aliphatic rings. The fourth-order valence-corrected chi connectivity index (χ4v) is 1.95. The summed E-state index contributed by atoms with van der Waals surface area (Å²) < 4.78 is 0. The van der Waals surface area contributed by atoms with Crippen LogP contribution in [0.2, 0.25) is 0 Å². The zero-order chi connectivity index (χ0) is 10.4. The van der Waals surface area contributed by atoms with Gasteiger partial charge in [-0.25, -0.2) is 0 Å². The Morgan fingerprint density at radius 3 is 2.57 bits per heavy atom. The minimum Gasteiger partial charge on any atom is -0.316 e. The van der Waals surface area contributed by atoms with Crippen LogP contribution in [0.15, 0.2) is 23.3 Å². The van der Waals surface area contributed by atoms with Gasteiger partial charge in [0.15, 0.2) is 0 Å². The Morgan fingerprint density at radius 2 is 2.07 bits per heavy atom. The lowest BCUT2D eigenvalue weighted by atomic mass is 9.88. The molecular weight excluding hydrogens is 170 g/mol. The Bertz CT molecular complexity index is 225. The lowest BCUT2D eigenvalue weighted by molar-refractivity contribution is 0.514. The van der Waals surface area contributed by atoms with Crippen molar-refractivity contribution in [2.24, 2.45) is 5.92 Å². The van der Waals surface area contributed by atoms with Crippen LogP contribution in [-0.4, -0.2) is 13.1 Å². The molecule has 0 bridgehead atoms. The van der Waals surface area contributed by atoms with E-state index in [1.54, 1.807) is 5.57 Å². The van der Waals surface area contributed by atoms with E-state index >= 15 is 0 Å². The van der Waals surface area contributed by atoms with Crippen molar-refractivity contribution in [3.05, 3.63) is 23.3 Å². The second-order valence-corrected chi connectivity index (χ2v) is 4.17. The maximum atomic E-state index is 3.45. The van der Waals surface area contributed by atoms with Crippen molar-refractivity contribution in [2.45, 2.75) is 40.0 Å². The molecule has 0 radical (unpaired) electrons. The standard InChI is InChI=1S/C13H23N/c1-4-12(10-14-5-2)13-8-6-11(3)7-9-13/h6,8,12,14H,4-5,7,9-10H2,1-3H3. The Labute approximate surface area is 88.3 Å². The van der Waals surface area contributed by atoms with Gasteiger partial charge in [-0.2, -0.15) is 0 Å². The third-order valence-electron chi connectivity index (χ3n) is 3.05. The summed E-state index contributed by atoms with van der Waals surface area (Å²) in [5.74, 6) is 0.749. The molecule has 1 atom stereocenters. The van der Waals surface area contributed by atoms with Gasteiger partial charge < -0.3 is 5.32 Å². The van der Waals surface area contributed by atoms with Crippen molar-refractivity contribution in [1.29, 1.82) is 0 Å². The van der Waals surface area contributed by atoms with Gasteiger partial charge in [0.05, 0.1) is 0 Å². The summed E-state index contributed by atoms with van der Waals surface area (Å²) in [6, 6.07) is 0. The number of nitrogens with one attached hydrogen (secondary N) is 1. The Balaban J connectivity index is 2.52. The average molecular weight is 193 g/mol. The van der Waals surface area contributed by atoms with Crippen LogP contribution in [0.5, 0.6) is 0 Å². The first kappa shape index (κ1) is 11.5. The molecule has 0 heterocycles. The minimum absolute atomic E-state index is 0.749. The summed E-state index contributed by atoms with van der Waals surface area (Å²) in [6.07, 6.45) is 8.41. The summed E-state index contributed by atoms with van der Waals surface area (Å²) in [4.78, 5) is 0. The van der Waals surface area contributed by atoms with Gasteiger partial charge >= 0.3 is 0 Å². The smallest absolute Gasteiger partial charge is 0.00167 e. The van der Waals surface area contributed by atoms with Crippen molar-refractivity contribution in [1.82, 2.24) is 5.32 Å². The predicted molar refractivity (Wildman–Crippen MR) is 63.4 cm³/mol. The molecule has 0 fully saturated rings. The summed E-state index contributed by atoms with van der Waals surface area (Å²) in [6.45, 7) is 8.91. The van der Waals surface area contributed by atoms with Crippen LogP contribution in [0.25, 0.3) is 0 Å². The summed E-state index contributed by atoms with van der Waals surface area (Å²) in [7, 11) is 0. The fraction of sp³-hybridized carbons (Fsp3) is 0.692. The highest BCUT2D eigenvalue weighted by atomic mass is 14.8. The first-order valence-corrected chi connectivity index (χ1v) is 5.84. The van der Waals surface area contributed by atoms with Crippen LogP contribution in [0.4, 0.5) is 0 Å². The summed E-state index contributed by atoms with van der Waals surface area (Å²) >= 11 is 0. The topological polar surface area (TPSA) is 12.0 Å². The second-order valence-electron chi connectivity index (χ2n) is 4.17. The molecule has 1 unspecified atom stereocenters. The molecule has 1 rings (SSSR count). The number of hydrogen-bond donors (Lipinski definition) is 1. The third kappa shape index (κ3) is 3.30. The van der Waals surface area contributed by atoms with Crippen molar-refractivity contribution in [3.63, 3.8) is 0 Å². The Hall–Kier alpha value is -0.560. The third-order valence-corrected chi connectivity index (χ3v) is 3.05. The van der Waals surface area contributed by atoms with E-state index in [1.165, 1.54) is 24.8 Å². The van der Waals surface area contributed by atoms with Crippen LogP contribution in [0.3, 0.4) is 0 Å². The molecule has 1 nitrogen and oxygen atoms in total. The first-order chi connectivity index (χ1) is 6.77. The largest absolute Gasteiger partial charge is 0.316 e. The number of allylic oxidation sites excluding steroid dienone is 3.